The molecule has 0 saturated heterocycles. The summed E-state index contributed by atoms with van der Waals surface area (Å²) in [5.74, 6) is 2.37. The Morgan fingerprint density at radius 1 is 0.234 bits per heavy atom. The lowest BCUT2D eigenvalue weighted by Gasteiger charge is -2.10. The average Bonchev–Trinajstić information content (AvgIpc) is 0.965. The van der Waals surface area contributed by atoms with E-state index in [0.717, 1.165) is 51.4 Å². The first kappa shape index (κ1) is 77.9. The molecule has 518 valence electrons. The molecule has 0 aliphatic rings. The smallest absolute Gasteiger partial charge is 0.128 e. The maximum absolute atomic E-state index is 11.3. The van der Waals surface area contributed by atoms with Crippen molar-refractivity contribution >= 4 is 47.6 Å². The number of unbranched alkanes of at least 4 members (excludes halogenated alkanes) is 36. The van der Waals surface area contributed by atoms with Gasteiger partial charge in [0.1, 0.15) is 46.0 Å². The highest BCUT2D eigenvalue weighted by molar-refractivity contribution is 5.95. The molecule has 0 bridgehead atoms. The van der Waals surface area contributed by atoms with Gasteiger partial charge in [0.25, 0.3) is 0 Å². The number of hydrogen-bond acceptors (Lipinski definition) is 12. The lowest BCUT2D eigenvalue weighted by Crippen LogP contribution is -1.98. The number of ether oxygens (including phenoxy) is 4. The highest BCUT2D eigenvalue weighted by atomic mass is 16.5. The van der Waals surface area contributed by atoms with E-state index in [1.54, 1.807) is 85.5 Å². The Labute approximate surface area is 568 Å². The van der Waals surface area contributed by atoms with Crippen LogP contribution in [0.1, 0.15) is 307 Å². The number of nitrogens with zero attached hydrogens (tertiary/aromatic N) is 4. The summed E-state index contributed by atoms with van der Waals surface area (Å²) in [4.78, 5) is 19.7. The largest absolute Gasteiger partial charge is 0.507 e. The van der Waals surface area contributed by atoms with E-state index in [2.05, 4.69) is 27.7 Å². The molecule has 0 spiro atoms. The van der Waals surface area contributed by atoms with Crippen LogP contribution in [0.3, 0.4) is 0 Å². The Kier molecular flexibility index (Phi) is 41.9. The third-order valence-corrected chi connectivity index (χ3v) is 17.5. The molecule has 0 fully saturated rings. The summed E-state index contributed by atoms with van der Waals surface area (Å²) in [6.45, 7) is 11.3. The van der Waals surface area contributed by atoms with Crippen molar-refractivity contribution in [3.8, 4) is 46.0 Å². The Hall–Kier alpha value is -6.82. The minimum Gasteiger partial charge on any atom is -0.507 e. The van der Waals surface area contributed by atoms with Crippen molar-refractivity contribution in [3.05, 3.63) is 107 Å². The number of phenolic OH excluding ortho intramolecular Hbond substituents is 4. The second-order valence-electron chi connectivity index (χ2n) is 25.9. The van der Waals surface area contributed by atoms with Gasteiger partial charge in [0, 0.05) is 71.4 Å². The average molecular weight is 1290 g/mol. The van der Waals surface area contributed by atoms with E-state index < -0.39 is 0 Å². The minimum absolute atomic E-state index is 0.00987. The molecule has 94 heavy (non-hydrogen) atoms. The summed E-state index contributed by atoms with van der Waals surface area (Å²) in [5.41, 5.74) is 3.38. The van der Waals surface area contributed by atoms with Gasteiger partial charge in [0.05, 0.1) is 49.2 Å². The van der Waals surface area contributed by atoms with Crippen LogP contribution in [0.15, 0.2) is 105 Å². The van der Waals surface area contributed by atoms with Gasteiger partial charge in [-0.15, -0.1) is 0 Å². The zero-order valence-corrected chi connectivity index (χ0v) is 58.7. The van der Waals surface area contributed by atoms with Crippen LogP contribution in [0.4, 0.5) is 22.7 Å². The van der Waals surface area contributed by atoms with Gasteiger partial charge >= 0.3 is 0 Å². The Balaban J connectivity index is 1.38. The van der Waals surface area contributed by atoms with Crippen LogP contribution in [-0.2, 0) is 0 Å². The quantitative estimate of drug-likeness (QED) is 0.0220. The molecule has 0 aliphatic heterocycles. The topological polar surface area (TPSA) is 167 Å². The third-order valence-electron chi connectivity index (χ3n) is 17.5. The van der Waals surface area contributed by atoms with Crippen molar-refractivity contribution in [1.82, 2.24) is 0 Å². The lowest BCUT2D eigenvalue weighted by molar-refractivity contribution is 0.302. The van der Waals surface area contributed by atoms with Gasteiger partial charge < -0.3 is 39.4 Å². The Morgan fingerprint density at radius 2 is 0.404 bits per heavy atom. The van der Waals surface area contributed by atoms with E-state index >= 15 is 0 Å². The highest BCUT2D eigenvalue weighted by Gasteiger charge is 2.13. The van der Waals surface area contributed by atoms with Crippen LogP contribution in [0.5, 0.6) is 46.0 Å². The fraction of sp³-hybridized carbons (Fsp3) is 0.585. The summed E-state index contributed by atoms with van der Waals surface area (Å²) in [6.07, 6.45) is 55.9. The first-order valence-corrected chi connectivity index (χ1v) is 37.4. The highest BCUT2D eigenvalue weighted by Crippen LogP contribution is 2.41. The van der Waals surface area contributed by atoms with Crippen LogP contribution in [0, 0.1) is 0 Å². The molecule has 0 radical (unpaired) electrons. The summed E-state index contributed by atoms with van der Waals surface area (Å²) in [6, 6.07) is 24.4. The number of aromatic hydroxyl groups is 4. The monoisotopic (exact) mass is 1290 g/mol. The molecule has 12 nitrogen and oxygen atoms in total. The van der Waals surface area contributed by atoms with Gasteiger partial charge in [-0.25, -0.2) is 0 Å². The fourth-order valence-corrected chi connectivity index (χ4v) is 11.5. The number of rotatable bonds is 56. The normalized spacial score (nSPS) is 11.8. The Bertz CT molecular complexity index is 2530. The predicted molar refractivity (Wildman–Crippen MR) is 397 cm³/mol. The summed E-state index contributed by atoms with van der Waals surface area (Å²) < 4.78 is 24.3. The number of aliphatic imine (C=N–C) groups is 4. The van der Waals surface area contributed by atoms with E-state index in [-0.39, 0.29) is 23.0 Å². The predicted octanol–water partition coefficient (Wildman–Crippen LogP) is 24.7. The van der Waals surface area contributed by atoms with Crippen LogP contribution in [0.25, 0.3) is 0 Å². The second kappa shape index (κ2) is 50.6. The van der Waals surface area contributed by atoms with E-state index in [4.69, 9.17) is 38.9 Å². The fourth-order valence-electron chi connectivity index (χ4n) is 11.5. The molecule has 0 saturated carbocycles. The van der Waals surface area contributed by atoms with Gasteiger partial charge in [-0.1, -0.05) is 259 Å². The van der Waals surface area contributed by atoms with Crippen molar-refractivity contribution in [1.29, 1.82) is 0 Å². The molecule has 0 unspecified atom stereocenters. The van der Waals surface area contributed by atoms with Gasteiger partial charge in [0.2, 0.25) is 0 Å². The van der Waals surface area contributed by atoms with Crippen molar-refractivity contribution in [3.63, 3.8) is 0 Å². The molecular formula is C82H122N4O8. The zero-order valence-electron chi connectivity index (χ0n) is 58.7. The van der Waals surface area contributed by atoms with Gasteiger partial charge in [-0.2, -0.15) is 0 Å². The molecule has 0 aromatic heterocycles. The summed E-state index contributed by atoms with van der Waals surface area (Å²) in [5, 5.41) is 45.3. The van der Waals surface area contributed by atoms with E-state index in [0.29, 0.717) is 94.4 Å². The molecule has 12 heteroatoms. The van der Waals surface area contributed by atoms with Gasteiger partial charge in [0.15, 0.2) is 0 Å². The van der Waals surface area contributed by atoms with E-state index in [1.807, 2.05) is 24.3 Å². The number of phenols is 4. The molecule has 0 atom stereocenters. The molecule has 0 heterocycles. The van der Waals surface area contributed by atoms with Crippen molar-refractivity contribution < 1.29 is 39.4 Å². The molecule has 5 aromatic carbocycles. The number of hydrogen-bond donors (Lipinski definition) is 4. The van der Waals surface area contributed by atoms with Crippen LogP contribution in [-0.4, -0.2) is 71.7 Å². The van der Waals surface area contributed by atoms with Crippen LogP contribution >= 0.6 is 0 Å². The SMILES string of the molecule is CCCCCCCCCCCCOc1ccc(C=Nc2cc(N=Cc3ccc(OCCCCCCCCCCCC)cc3O)c(N=Cc3ccc(OCCCCCCCCCCCC)cc3O)cc2N=Cc2ccc(OCCCCCCCCCCCC)cc2O)c(O)c1. The molecular weight excluding hydrogens is 1170 g/mol. The summed E-state index contributed by atoms with van der Waals surface area (Å²) in [7, 11) is 0. The standard InChI is InChI=1S/C82H122N4O8/c1-5-9-13-17-21-25-29-33-37-41-53-91-71-49-45-67(79(87)57-71)63-83-75-61-77(85-65-69-47-51-73(59-81(69)89)93-55-43-39-35-31-27-23-19-15-11-7-3)78(86-66-70-48-52-74(60-82(70)90)94-56-44-40-36-32-28-24-20-16-12-8-4)62-76(75)84-64-68-46-50-72(58-80(68)88)92-54-42-38-34-30-26-22-18-14-10-6-2/h45-52,57-66,87-90H,5-44,53-56H2,1-4H3. The van der Waals surface area contributed by atoms with Crippen molar-refractivity contribution in [2.45, 2.75) is 285 Å². The molecule has 5 rings (SSSR count). The van der Waals surface area contributed by atoms with Crippen molar-refractivity contribution in [2.24, 2.45) is 20.0 Å². The molecule has 0 aliphatic carbocycles. The number of benzene rings is 5. The molecule has 5 aromatic rings. The van der Waals surface area contributed by atoms with Gasteiger partial charge in [-0.3, -0.25) is 20.0 Å². The van der Waals surface area contributed by atoms with E-state index in [1.165, 1.54) is 205 Å². The first-order valence-electron chi connectivity index (χ1n) is 37.4. The van der Waals surface area contributed by atoms with E-state index in [9.17, 15) is 20.4 Å². The summed E-state index contributed by atoms with van der Waals surface area (Å²) >= 11 is 0. The zero-order chi connectivity index (χ0) is 66.7. The molecule has 0 amide bonds. The van der Waals surface area contributed by atoms with Crippen molar-refractivity contribution in [2.75, 3.05) is 26.4 Å². The second-order valence-corrected chi connectivity index (χ2v) is 25.9. The Morgan fingerprint density at radius 3 is 0.574 bits per heavy atom. The minimum atomic E-state index is 0.00987. The first-order chi connectivity index (χ1) is 46.2. The maximum atomic E-state index is 11.3. The maximum Gasteiger partial charge on any atom is 0.128 e. The van der Waals surface area contributed by atoms with Gasteiger partial charge in [-0.05, 0) is 86.3 Å². The third kappa shape index (κ3) is 34.0. The van der Waals surface area contributed by atoms with Crippen LogP contribution < -0.4 is 18.9 Å². The molecule has 4 N–H and O–H groups in total. The lowest BCUT2D eigenvalue weighted by atomic mass is 10.1. The van der Waals surface area contributed by atoms with Crippen LogP contribution in [0.2, 0.25) is 0 Å².